The van der Waals surface area contributed by atoms with Crippen LogP contribution in [0.3, 0.4) is 0 Å². The van der Waals surface area contributed by atoms with Crippen LogP contribution >= 0.6 is 0 Å². The number of rotatable bonds is 5. The average molecular weight is 274 g/mol. The van der Waals surface area contributed by atoms with E-state index in [1.165, 1.54) is 24.8 Å². The van der Waals surface area contributed by atoms with E-state index in [4.69, 9.17) is 0 Å². The van der Waals surface area contributed by atoms with Crippen molar-refractivity contribution in [1.29, 1.82) is 0 Å². The van der Waals surface area contributed by atoms with Crippen molar-refractivity contribution < 1.29 is 4.79 Å². The number of hydrogen-bond donors (Lipinski definition) is 2. The Labute approximate surface area is 122 Å². The van der Waals surface area contributed by atoms with Gasteiger partial charge in [0.15, 0.2) is 0 Å². The lowest BCUT2D eigenvalue weighted by molar-refractivity contribution is -0.118. The monoisotopic (exact) mass is 274 g/mol. The Hall–Kier alpha value is -1.35. The van der Waals surface area contributed by atoms with Crippen LogP contribution in [-0.4, -0.2) is 25.0 Å². The van der Waals surface area contributed by atoms with Crippen molar-refractivity contribution in [3.63, 3.8) is 0 Å². The van der Waals surface area contributed by atoms with Crippen LogP contribution in [0.15, 0.2) is 30.3 Å². The molecule has 0 aromatic heterocycles. The van der Waals surface area contributed by atoms with E-state index in [1.54, 1.807) is 6.92 Å². The number of carbonyl (C=O) groups is 1. The van der Waals surface area contributed by atoms with E-state index >= 15 is 0 Å². The van der Waals surface area contributed by atoms with Gasteiger partial charge in [0, 0.05) is 26.1 Å². The first kappa shape index (κ1) is 15.0. The molecule has 2 rings (SSSR count). The zero-order chi connectivity index (χ0) is 14.4. The number of hydrogen-bond acceptors (Lipinski definition) is 2. The molecule has 2 N–H and O–H groups in total. The highest BCUT2D eigenvalue weighted by Gasteiger charge is 2.26. The van der Waals surface area contributed by atoms with Crippen molar-refractivity contribution in [2.24, 2.45) is 5.92 Å². The van der Waals surface area contributed by atoms with Gasteiger partial charge in [-0.15, -0.1) is 0 Å². The molecule has 3 nitrogen and oxygen atoms in total. The van der Waals surface area contributed by atoms with E-state index in [-0.39, 0.29) is 5.91 Å². The molecule has 1 aromatic carbocycles. The Balaban J connectivity index is 1.83. The normalized spacial score (nSPS) is 26.2. The summed E-state index contributed by atoms with van der Waals surface area (Å²) in [6, 6.07) is 11.4. The second-order valence-corrected chi connectivity index (χ2v) is 6.05. The molecule has 1 amide bonds. The predicted octanol–water partition coefficient (Wildman–Crippen LogP) is 2.68. The Bertz CT molecular complexity index is 418. The van der Waals surface area contributed by atoms with Gasteiger partial charge in [-0.3, -0.25) is 4.79 Å². The number of amides is 1. The second-order valence-electron chi connectivity index (χ2n) is 6.05. The molecule has 20 heavy (non-hydrogen) atoms. The molecule has 1 saturated carbocycles. The molecule has 0 unspecified atom stereocenters. The topological polar surface area (TPSA) is 41.1 Å². The summed E-state index contributed by atoms with van der Waals surface area (Å²) in [5.74, 6) is 1.47. The number of benzene rings is 1. The van der Waals surface area contributed by atoms with Crippen LogP contribution in [0.25, 0.3) is 0 Å². The van der Waals surface area contributed by atoms with E-state index in [0.29, 0.717) is 12.0 Å². The van der Waals surface area contributed by atoms with Crippen LogP contribution in [0.1, 0.15) is 44.6 Å². The molecule has 1 aromatic rings. The van der Waals surface area contributed by atoms with Crippen LogP contribution in [0.4, 0.5) is 0 Å². The molecule has 0 bridgehead atoms. The van der Waals surface area contributed by atoms with Gasteiger partial charge in [0.2, 0.25) is 5.91 Å². The average Bonchev–Trinajstić information content (AvgIpc) is 2.44. The summed E-state index contributed by atoms with van der Waals surface area (Å²) >= 11 is 0. The van der Waals surface area contributed by atoms with Crippen molar-refractivity contribution in [3.05, 3.63) is 35.9 Å². The van der Waals surface area contributed by atoms with Gasteiger partial charge in [-0.05, 0) is 36.7 Å². The van der Waals surface area contributed by atoms with Gasteiger partial charge < -0.3 is 10.6 Å². The molecule has 1 aliphatic carbocycles. The summed E-state index contributed by atoms with van der Waals surface area (Å²) < 4.78 is 0. The molecule has 110 valence electrons. The minimum atomic E-state index is 0.0472. The van der Waals surface area contributed by atoms with Crippen molar-refractivity contribution in [2.45, 2.75) is 45.1 Å². The van der Waals surface area contributed by atoms with Crippen LogP contribution in [0.2, 0.25) is 0 Å². The number of carbonyl (C=O) groups excluding carboxylic acids is 1. The maximum atomic E-state index is 10.8. The second kappa shape index (κ2) is 7.44. The first-order valence-electron chi connectivity index (χ1n) is 7.68. The summed E-state index contributed by atoms with van der Waals surface area (Å²) in [4.78, 5) is 10.8. The third-order valence-corrected chi connectivity index (χ3v) is 4.15. The van der Waals surface area contributed by atoms with E-state index < -0.39 is 0 Å². The standard InChI is InChI=1S/C17H26N2O/c1-13-10-16(15-6-4-3-5-7-15)12-17(11-13)19-9-8-18-14(2)20/h3-7,13,16-17,19H,8-12H2,1-2H3,(H,18,20)/t13-,16+,17+/m0/s1. The zero-order valence-electron chi connectivity index (χ0n) is 12.6. The summed E-state index contributed by atoms with van der Waals surface area (Å²) in [6.45, 7) is 5.49. The van der Waals surface area contributed by atoms with E-state index in [2.05, 4.69) is 47.9 Å². The minimum absolute atomic E-state index is 0.0472. The lowest BCUT2D eigenvalue weighted by Crippen LogP contribution is -2.40. The molecule has 1 aliphatic rings. The Morgan fingerprint density at radius 3 is 2.60 bits per heavy atom. The predicted molar refractivity (Wildman–Crippen MR) is 82.7 cm³/mol. The van der Waals surface area contributed by atoms with Crippen molar-refractivity contribution in [3.8, 4) is 0 Å². The Morgan fingerprint density at radius 1 is 1.15 bits per heavy atom. The fraction of sp³-hybridized carbons (Fsp3) is 0.588. The first-order valence-corrected chi connectivity index (χ1v) is 7.68. The van der Waals surface area contributed by atoms with Gasteiger partial charge in [-0.2, -0.15) is 0 Å². The molecule has 0 aliphatic heterocycles. The molecule has 0 radical (unpaired) electrons. The number of nitrogens with one attached hydrogen (secondary N) is 2. The molecule has 3 atom stereocenters. The summed E-state index contributed by atoms with van der Waals surface area (Å²) in [7, 11) is 0. The molecule has 3 heteroatoms. The van der Waals surface area contributed by atoms with Gasteiger partial charge in [0.25, 0.3) is 0 Å². The van der Waals surface area contributed by atoms with Gasteiger partial charge in [0.05, 0.1) is 0 Å². The maximum absolute atomic E-state index is 10.8. The fourth-order valence-corrected chi connectivity index (χ4v) is 3.28. The van der Waals surface area contributed by atoms with Crippen LogP contribution in [0.5, 0.6) is 0 Å². The summed E-state index contributed by atoms with van der Waals surface area (Å²) in [5.41, 5.74) is 1.47. The minimum Gasteiger partial charge on any atom is -0.355 e. The molecule has 0 heterocycles. The SMILES string of the molecule is CC(=O)NCCN[C@@H]1C[C@@H](C)C[C@@H](c2ccccc2)C1. The van der Waals surface area contributed by atoms with E-state index in [1.807, 2.05) is 0 Å². The highest BCUT2D eigenvalue weighted by Crippen LogP contribution is 2.35. The molecule has 0 spiro atoms. The van der Waals surface area contributed by atoms with Crippen molar-refractivity contribution in [1.82, 2.24) is 10.6 Å². The molecule has 0 saturated heterocycles. The Kier molecular flexibility index (Phi) is 5.60. The van der Waals surface area contributed by atoms with Crippen LogP contribution in [-0.2, 0) is 4.79 Å². The maximum Gasteiger partial charge on any atom is 0.216 e. The van der Waals surface area contributed by atoms with Crippen LogP contribution in [0, 0.1) is 5.92 Å². The van der Waals surface area contributed by atoms with Crippen molar-refractivity contribution >= 4 is 5.91 Å². The molecular formula is C17H26N2O. The lowest BCUT2D eigenvalue weighted by Gasteiger charge is -2.34. The lowest BCUT2D eigenvalue weighted by atomic mass is 9.76. The smallest absolute Gasteiger partial charge is 0.216 e. The van der Waals surface area contributed by atoms with Gasteiger partial charge in [-0.25, -0.2) is 0 Å². The fourth-order valence-electron chi connectivity index (χ4n) is 3.28. The van der Waals surface area contributed by atoms with E-state index in [9.17, 15) is 4.79 Å². The molecular weight excluding hydrogens is 248 g/mol. The van der Waals surface area contributed by atoms with Gasteiger partial charge in [-0.1, -0.05) is 37.3 Å². The van der Waals surface area contributed by atoms with Gasteiger partial charge >= 0.3 is 0 Å². The largest absolute Gasteiger partial charge is 0.355 e. The van der Waals surface area contributed by atoms with Crippen molar-refractivity contribution in [2.75, 3.05) is 13.1 Å². The molecule has 1 fully saturated rings. The zero-order valence-corrected chi connectivity index (χ0v) is 12.6. The van der Waals surface area contributed by atoms with E-state index in [0.717, 1.165) is 19.0 Å². The Morgan fingerprint density at radius 2 is 1.90 bits per heavy atom. The quantitative estimate of drug-likeness (QED) is 0.811. The first-order chi connectivity index (χ1) is 9.65. The van der Waals surface area contributed by atoms with Gasteiger partial charge in [0.1, 0.15) is 0 Å². The van der Waals surface area contributed by atoms with Crippen LogP contribution < -0.4 is 10.6 Å². The summed E-state index contributed by atoms with van der Waals surface area (Å²) in [6.07, 6.45) is 3.73. The third kappa shape index (κ3) is 4.64. The summed E-state index contributed by atoms with van der Waals surface area (Å²) in [5, 5.41) is 6.43. The highest BCUT2D eigenvalue weighted by atomic mass is 16.1. The highest BCUT2D eigenvalue weighted by molar-refractivity contribution is 5.72. The third-order valence-electron chi connectivity index (χ3n) is 4.15.